The molecule has 0 aliphatic rings. The highest BCUT2D eigenvalue weighted by Crippen LogP contribution is 2.12. The topological polar surface area (TPSA) is 40.7 Å². The second-order valence-corrected chi connectivity index (χ2v) is 3.78. The Bertz CT molecular complexity index is 227. The quantitative estimate of drug-likeness (QED) is 0.731. The van der Waals surface area contributed by atoms with E-state index in [0.29, 0.717) is 6.04 Å². The molecule has 0 aromatic carbocycles. The van der Waals surface area contributed by atoms with Crippen molar-refractivity contribution in [3.05, 3.63) is 18.2 Å². The Morgan fingerprint density at radius 1 is 1.43 bits per heavy atom. The van der Waals surface area contributed by atoms with E-state index in [1.54, 1.807) is 6.20 Å². The molecule has 0 aliphatic carbocycles. The molecule has 0 saturated carbocycles. The van der Waals surface area contributed by atoms with Crippen LogP contribution in [0, 0.1) is 5.92 Å². The van der Waals surface area contributed by atoms with Gasteiger partial charge < -0.3 is 10.3 Å². The maximum absolute atomic E-state index is 4.18. The molecule has 3 heteroatoms. The van der Waals surface area contributed by atoms with Crippen molar-refractivity contribution in [2.45, 2.75) is 46.2 Å². The van der Waals surface area contributed by atoms with Crippen molar-refractivity contribution in [3.63, 3.8) is 0 Å². The van der Waals surface area contributed by atoms with Gasteiger partial charge in [0, 0.05) is 18.4 Å². The Labute approximate surface area is 86.3 Å². The number of imidazole rings is 1. The molecule has 0 fully saturated rings. The number of hydrogen-bond acceptors (Lipinski definition) is 2. The molecule has 1 heterocycles. The van der Waals surface area contributed by atoms with Gasteiger partial charge in [-0.3, -0.25) is 0 Å². The monoisotopic (exact) mass is 195 g/mol. The summed E-state index contributed by atoms with van der Waals surface area (Å²) >= 11 is 0. The first-order chi connectivity index (χ1) is 6.77. The number of rotatable bonds is 6. The largest absolute Gasteiger partial charge is 0.348 e. The molecule has 0 radical (unpaired) electrons. The van der Waals surface area contributed by atoms with Gasteiger partial charge in [0.1, 0.15) is 5.82 Å². The number of nitrogens with one attached hydrogen (secondary N) is 2. The number of nitrogens with zero attached hydrogens (tertiary/aromatic N) is 1. The predicted molar refractivity (Wildman–Crippen MR) is 59.0 cm³/mol. The van der Waals surface area contributed by atoms with Crippen LogP contribution in [-0.2, 0) is 6.54 Å². The molecule has 1 aromatic heterocycles. The second-order valence-electron chi connectivity index (χ2n) is 3.78. The molecule has 0 amide bonds. The normalized spacial score (nSPS) is 13.4. The Morgan fingerprint density at radius 3 is 2.64 bits per heavy atom. The van der Waals surface area contributed by atoms with E-state index in [9.17, 15) is 0 Å². The first kappa shape index (κ1) is 11.2. The summed E-state index contributed by atoms with van der Waals surface area (Å²) in [7, 11) is 0. The maximum atomic E-state index is 4.18. The molecule has 1 unspecified atom stereocenters. The van der Waals surface area contributed by atoms with Crippen LogP contribution in [-0.4, -0.2) is 16.0 Å². The fraction of sp³-hybridized carbons (Fsp3) is 0.727. The van der Waals surface area contributed by atoms with Gasteiger partial charge in [-0.2, -0.15) is 0 Å². The Morgan fingerprint density at radius 2 is 2.14 bits per heavy atom. The van der Waals surface area contributed by atoms with Crippen molar-refractivity contribution >= 4 is 0 Å². The van der Waals surface area contributed by atoms with Crippen molar-refractivity contribution in [3.8, 4) is 0 Å². The molecule has 0 bridgehead atoms. The summed E-state index contributed by atoms with van der Waals surface area (Å²) in [4.78, 5) is 7.27. The zero-order chi connectivity index (χ0) is 10.4. The molecule has 1 aromatic rings. The highest BCUT2D eigenvalue weighted by Gasteiger charge is 2.12. The number of aromatic nitrogens is 2. The molecule has 1 rings (SSSR count). The minimum Gasteiger partial charge on any atom is -0.348 e. The van der Waals surface area contributed by atoms with Crippen molar-refractivity contribution in [2.24, 2.45) is 5.92 Å². The van der Waals surface area contributed by atoms with Crippen LogP contribution in [0.25, 0.3) is 0 Å². The van der Waals surface area contributed by atoms with Gasteiger partial charge in [0.05, 0.1) is 6.54 Å². The number of hydrogen-bond donors (Lipinski definition) is 2. The molecular formula is C11H21N3. The van der Waals surface area contributed by atoms with Gasteiger partial charge in [-0.1, -0.05) is 26.7 Å². The third-order valence-electron chi connectivity index (χ3n) is 2.90. The van der Waals surface area contributed by atoms with Crippen LogP contribution in [0.3, 0.4) is 0 Å². The zero-order valence-electron chi connectivity index (χ0n) is 9.38. The molecule has 80 valence electrons. The minimum absolute atomic E-state index is 0.565. The summed E-state index contributed by atoms with van der Waals surface area (Å²) < 4.78 is 0. The minimum atomic E-state index is 0.565. The average Bonchev–Trinajstić information content (AvgIpc) is 2.69. The first-order valence-electron chi connectivity index (χ1n) is 5.49. The van der Waals surface area contributed by atoms with Gasteiger partial charge in [-0.15, -0.1) is 0 Å². The maximum Gasteiger partial charge on any atom is 0.120 e. The van der Waals surface area contributed by atoms with Crippen molar-refractivity contribution < 1.29 is 0 Å². The molecule has 3 nitrogen and oxygen atoms in total. The lowest BCUT2D eigenvalue weighted by Gasteiger charge is -2.21. The average molecular weight is 195 g/mol. The lowest BCUT2D eigenvalue weighted by atomic mass is 9.95. The Kier molecular flexibility index (Phi) is 4.66. The van der Waals surface area contributed by atoms with Gasteiger partial charge in [0.25, 0.3) is 0 Å². The van der Waals surface area contributed by atoms with Crippen LogP contribution < -0.4 is 5.32 Å². The van der Waals surface area contributed by atoms with Gasteiger partial charge in [-0.05, 0) is 12.8 Å². The van der Waals surface area contributed by atoms with Crippen molar-refractivity contribution in [2.75, 3.05) is 0 Å². The fourth-order valence-corrected chi connectivity index (χ4v) is 1.81. The lowest BCUT2D eigenvalue weighted by molar-refractivity contribution is 0.351. The molecule has 1 atom stereocenters. The third-order valence-corrected chi connectivity index (χ3v) is 2.90. The van der Waals surface area contributed by atoms with Crippen LogP contribution in [0.1, 0.15) is 39.4 Å². The van der Waals surface area contributed by atoms with E-state index in [4.69, 9.17) is 0 Å². The van der Waals surface area contributed by atoms with Gasteiger partial charge in [0.2, 0.25) is 0 Å². The fourth-order valence-electron chi connectivity index (χ4n) is 1.81. The highest BCUT2D eigenvalue weighted by molar-refractivity contribution is 4.87. The molecule has 0 saturated heterocycles. The summed E-state index contributed by atoms with van der Waals surface area (Å²) in [5, 5.41) is 3.49. The first-order valence-corrected chi connectivity index (χ1v) is 5.49. The van der Waals surface area contributed by atoms with Gasteiger partial charge in [-0.25, -0.2) is 4.98 Å². The summed E-state index contributed by atoms with van der Waals surface area (Å²) in [5.41, 5.74) is 0. The van der Waals surface area contributed by atoms with Crippen LogP contribution in [0.15, 0.2) is 12.4 Å². The third kappa shape index (κ3) is 3.14. The molecule has 14 heavy (non-hydrogen) atoms. The second kappa shape index (κ2) is 5.81. The lowest BCUT2D eigenvalue weighted by Crippen LogP contribution is -2.32. The van der Waals surface area contributed by atoms with E-state index >= 15 is 0 Å². The van der Waals surface area contributed by atoms with E-state index in [2.05, 4.69) is 36.1 Å². The van der Waals surface area contributed by atoms with E-state index in [1.807, 2.05) is 6.20 Å². The van der Waals surface area contributed by atoms with E-state index < -0.39 is 0 Å². The predicted octanol–water partition coefficient (Wildman–Crippen LogP) is 2.32. The van der Waals surface area contributed by atoms with E-state index in [0.717, 1.165) is 18.3 Å². The zero-order valence-corrected chi connectivity index (χ0v) is 9.38. The van der Waals surface area contributed by atoms with E-state index in [1.165, 1.54) is 12.8 Å². The van der Waals surface area contributed by atoms with Gasteiger partial charge in [0.15, 0.2) is 0 Å². The van der Waals surface area contributed by atoms with Crippen molar-refractivity contribution in [1.29, 1.82) is 0 Å². The smallest absolute Gasteiger partial charge is 0.120 e. The standard InChI is InChI=1S/C11H21N3/c1-4-10(5-2)9(3)14-8-11-12-6-7-13-11/h6-7,9-10,14H,4-5,8H2,1-3H3,(H,12,13). The summed E-state index contributed by atoms with van der Waals surface area (Å²) in [5.74, 6) is 1.78. The molecule has 0 spiro atoms. The van der Waals surface area contributed by atoms with E-state index in [-0.39, 0.29) is 0 Å². The highest BCUT2D eigenvalue weighted by atomic mass is 15.0. The summed E-state index contributed by atoms with van der Waals surface area (Å²) in [6.07, 6.45) is 6.13. The van der Waals surface area contributed by atoms with Crippen molar-refractivity contribution in [1.82, 2.24) is 15.3 Å². The van der Waals surface area contributed by atoms with Crippen LogP contribution in [0.2, 0.25) is 0 Å². The SMILES string of the molecule is CCC(CC)C(C)NCc1ncc[nH]1. The van der Waals surface area contributed by atoms with Crippen LogP contribution >= 0.6 is 0 Å². The molecular weight excluding hydrogens is 174 g/mol. The van der Waals surface area contributed by atoms with Crippen LogP contribution in [0.4, 0.5) is 0 Å². The van der Waals surface area contributed by atoms with Crippen LogP contribution in [0.5, 0.6) is 0 Å². The number of aromatic amines is 1. The summed E-state index contributed by atoms with van der Waals surface area (Å²) in [6, 6.07) is 0.565. The molecule has 0 aliphatic heterocycles. The summed E-state index contributed by atoms with van der Waals surface area (Å²) in [6.45, 7) is 7.59. The molecule has 2 N–H and O–H groups in total. The Hall–Kier alpha value is -0.830. The van der Waals surface area contributed by atoms with Gasteiger partial charge >= 0.3 is 0 Å². The Balaban J connectivity index is 2.30. The number of H-pyrrole nitrogens is 1.